The summed E-state index contributed by atoms with van der Waals surface area (Å²) in [7, 11) is 5.69. The van der Waals surface area contributed by atoms with Gasteiger partial charge in [0.1, 0.15) is 0 Å². The van der Waals surface area contributed by atoms with Gasteiger partial charge in [0.25, 0.3) is 45.9 Å². The van der Waals surface area contributed by atoms with Crippen LogP contribution >= 0.6 is 0 Å². The Morgan fingerprint density at radius 3 is 0.887 bits per heavy atom. The van der Waals surface area contributed by atoms with Gasteiger partial charge in [-0.25, -0.2) is 0 Å². The van der Waals surface area contributed by atoms with Gasteiger partial charge in [0.2, 0.25) is 5.91 Å². The zero-order chi connectivity index (χ0) is 52.4. The van der Waals surface area contributed by atoms with Crippen LogP contribution in [0.2, 0.25) is 0 Å². The van der Waals surface area contributed by atoms with E-state index in [1.807, 2.05) is 14.7 Å². The first kappa shape index (κ1) is 55.8. The summed E-state index contributed by atoms with van der Waals surface area (Å²) in [6, 6.07) is 5.21. The second kappa shape index (κ2) is 26.8. The Morgan fingerprint density at radius 1 is 0.423 bits per heavy atom. The summed E-state index contributed by atoms with van der Waals surface area (Å²) in [6.07, 6.45) is 5.47. The zero-order valence-corrected chi connectivity index (χ0v) is 40.1. The minimum atomic E-state index is -0.758. The van der Waals surface area contributed by atoms with Crippen molar-refractivity contribution in [2.24, 2.45) is 33.9 Å². The van der Waals surface area contributed by atoms with E-state index in [1.165, 1.54) is 77.2 Å². The summed E-state index contributed by atoms with van der Waals surface area (Å²) in [5, 5.41) is 54.9. The minimum Gasteiger partial charge on any atom is -0.502 e. The number of rotatable bonds is 27. The third kappa shape index (κ3) is 15.9. The highest BCUT2D eigenvalue weighted by atomic mass is 16.3. The predicted molar refractivity (Wildman–Crippen MR) is 259 cm³/mol. The normalized spacial score (nSPS) is 11.2. The monoisotopic (exact) mass is 993 g/mol. The van der Waals surface area contributed by atoms with Crippen LogP contribution in [0.1, 0.15) is 47.9 Å². The van der Waals surface area contributed by atoms with Gasteiger partial charge in [-0.15, -0.1) is 0 Å². The number of aromatic nitrogens is 4. The first-order valence-electron chi connectivity index (χ1n) is 22.6. The topological polar surface area (TPSA) is 350 Å². The molecule has 0 fully saturated rings. The van der Waals surface area contributed by atoms with Crippen LogP contribution in [0.3, 0.4) is 0 Å². The van der Waals surface area contributed by atoms with Crippen molar-refractivity contribution in [1.29, 1.82) is 0 Å². The van der Waals surface area contributed by atoms with Crippen molar-refractivity contribution in [2.45, 2.75) is 6.42 Å². The molecular formula is C45H63N13O13. The molecule has 0 saturated carbocycles. The fourth-order valence-electron chi connectivity index (χ4n) is 7.03. The number of pyridine rings is 4. The molecule has 4 aromatic heterocycles. The van der Waals surface area contributed by atoms with Crippen molar-refractivity contribution in [1.82, 2.24) is 59.6 Å². The van der Waals surface area contributed by atoms with E-state index in [2.05, 4.69) is 26.6 Å². The average molecular weight is 994 g/mol. The second-order valence-corrected chi connectivity index (χ2v) is 16.4. The standard InChI is InChI=1S/C45H63N13O13/c1-52-16-6-29(34(60)42(52)68)38(64)48-12-21-56(22-13-49-39(65)30-7-17-53(2)43(69)35(30)61)25-27-58(20-11-47-33(59)5-10-46)28-26-57(23-14-50-40(66)31-8-18-54(3)44(70)36(31)62)24-15-51-41(67)32-9-19-55(4)45(71)37(32)63/h6-9,16-19,60-63H,5,10-15,20-28,46H2,1-4H3,(H,47,59)(H,48,64)(H,49,65)(H,50,66)(H,51,67). The van der Waals surface area contributed by atoms with Crippen LogP contribution in [0.25, 0.3) is 0 Å². The molecule has 0 atom stereocenters. The van der Waals surface area contributed by atoms with Crippen molar-refractivity contribution in [3.8, 4) is 23.0 Å². The van der Waals surface area contributed by atoms with Crippen LogP contribution in [0, 0.1) is 0 Å². The Kier molecular flexibility index (Phi) is 21.1. The van der Waals surface area contributed by atoms with Crippen molar-refractivity contribution < 1.29 is 44.4 Å². The Labute approximate surface area is 406 Å². The quantitative estimate of drug-likeness (QED) is 0.0270. The van der Waals surface area contributed by atoms with E-state index in [-0.39, 0.29) is 100 Å². The average Bonchev–Trinajstić information content (AvgIpc) is 3.33. The number of aryl methyl sites for hydroxylation is 4. The third-order valence-corrected chi connectivity index (χ3v) is 11.4. The molecule has 386 valence electrons. The predicted octanol–water partition coefficient (Wildman–Crippen LogP) is -4.31. The lowest BCUT2D eigenvalue weighted by Gasteiger charge is -2.30. The number of carbonyl (C=O) groups is 5. The van der Waals surface area contributed by atoms with Gasteiger partial charge >= 0.3 is 0 Å². The molecule has 11 N–H and O–H groups in total. The lowest BCUT2D eigenvalue weighted by Crippen LogP contribution is -2.47. The molecule has 4 aromatic rings. The molecule has 0 aromatic carbocycles. The van der Waals surface area contributed by atoms with Crippen LogP contribution in [0.4, 0.5) is 0 Å². The molecule has 0 saturated heterocycles. The molecule has 26 heteroatoms. The maximum atomic E-state index is 13.0. The van der Waals surface area contributed by atoms with Gasteiger partial charge in [-0.1, -0.05) is 0 Å². The van der Waals surface area contributed by atoms with E-state index in [0.29, 0.717) is 32.7 Å². The summed E-state index contributed by atoms with van der Waals surface area (Å²) in [5.74, 6) is -5.94. The van der Waals surface area contributed by atoms with Crippen molar-refractivity contribution >= 4 is 29.5 Å². The number of nitrogens with two attached hydrogens (primary N) is 1. The van der Waals surface area contributed by atoms with Gasteiger partial charge in [0.15, 0.2) is 23.0 Å². The molecular weight excluding hydrogens is 931 g/mol. The Bertz CT molecular complexity index is 2440. The fraction of sp³-hybridized carbons (Fsp3) is 0.444. The van der Waals surface area contributed by atoms with E-state index < -0.39 is 68.9 Å². The molecule has 0 radical (unpaired) electrons. The molecule has 0 bridgehead atoms. The van der Waals surface area contributed by atoms with Gasteiger partial charge < -0.3 is 71.0 Å². The van der Waals surface area contributed by atoms with Crippen LogP contribution in [-0.2, 0) is 33.0 Å². The van der Waals surface area contributed by atoms with Crippen LogP contribution in [-0.4, -0.2) is 181 Å². The molecule has 4 rings (SSSR count). The van der Waals surface area contributed by atoms with Crippen molar-refractivity contribution in [3.63, 3.8) is 0 Å². The minimum absolute atomic E-state index is 0.0297. The van der Waals surface area contributed by atoms with Crippen molar-refractivity contribution in [3.05, 3.63) is 113 Å². The molecule has 5 amide bonds. The highest BCUT2D eigenvalue weighted by Gasteiger charge is 2.21. The maximum absolute atomic E-state index is 13.0. The van der Waals surface area contributed by atoms with Crippen LogP contribution in [0.15, 0.2) is 68.2 Å². The maximum Gasteiger partial charge on any atom is 0.293 e. The van der Waals surface area contributed by atoms with Gasteiger partial charge in [0, 0.05) is 158 Å². The van der Waals surface area contributed by atoms with E-state index in [4.69, 9.17) is 5.73 Å². The number of hydrogen-bond acceptors (Lipinski definition) is 17. The molecule has 71 heavy (non-hydrogen) atoms. The molecule has 0 aliphatic heterocycles. The van der Waals surface area contributed by atoms with Crippen LogP contribution < -0.4 is 54.6 Å². The van der Waals surface area contributed by atoms with E-state index >= 15 is 0 Å². The summed E-state index contributed by atoms with van der Waals surface area (Å²) < 4.78 is 4.47. The Hall–Kier alpha value is -7.81. The number of aromatic hydroxyl groups is 4. The van der Waals surface area contributed by atoms with Gasteiger partial charge in [-0.05, 0) is 24.3 Å². The van der Waals surface area contributed by atoms with E-state index in [0.717, 1.165) is 18.3 Å². The highest BCUT2D eigenvalue weighted by Crippen LogP contribution is 2.13. The third-order valence-electron chi connectivity index (χ3n) is 11.4. The molecule has 26 nitrogen and oxygen atoms in total. The van der Waals surface area contributed by atoms with E-state index in [9.17, 15) is 63.6 Å². The SMILES string of the molecule is Cn1ccc(C(=O)NCCN(CCNC(=O)c2ccn(C)c(=O)c2O)CCN(CCNC(=O)CCN)CCN(CCNC(=O)c2ccn(C)c(=O)c2O)CCNC(=O)c2ccn(C)c(=O)c2O)c(O)c1=O. The van der Waals surface area contributed by atoms with Gasteiger partial charge in [0.05, 0.1) is 22.3 Å². The highest BCUT2D eigenvalue weighted by molar-refractivity contribution is 5.98. The van der Waals surface area contributed by atoms with Crippen molar-refractivity contribution in [2.75, 3.05) is 98.2 Å². The molecule has 0 aliphatic rings. The number of carbonyl (C=O) groups excluding carboxylic acids is 5. The van der Waals surface area contributed by atoms with Gasteiger partial charge in [-0.3, -0.25) is 57.9 Å². The number of amides is 5. The lowest BCUT2D eigenvalue weighted by molar-refractivity contribution is -0.120. The Balaban J connectivity index is 1.52. The number of hydrogen-bond donors (Lipinski definition) is 10. The van der Waals surface area contributed by atoms with E-state index in [1.54, 1.807) is 0 Å². The lowest BCUT2D eigenvalue weighted by atomic mass is 10.2. The first-order chi connectivity index (χ1) is 33.7. The van der Waals surface area contributed by atoms with Gasteiger partial charge in [-0.2, -0.15) is 0 Å². The summed E-state index contributed by atoms with van der Waals surface area (Å²) >= 11 is 0. The Morgan fingerprint density at radius 2 is 0.648 bits per heavy atom. The number of nitrogens with one attached hydrogen (secondary N) is 5. The second-order valence-electron chi connectivity index (χ2n) is 16.4. The molecule has 0 unspecified atom stereocenters. The first-order valence-corrected chi connectivity index (χ1v) is 22.6. The largest absolute Gasteiger partial charge is 0.502 e. The summed E-state index contributed by atoms with van der Waals surface area (Å²) in [6.45, 7) is 2.89. The number of nitrogens with zero attached hydrogens (tertiary/aromatic N) is 7. The fourth-order valence-corrected chi connectivity index (χ4v) is 7.03. The summed E-state index contributed by atoms with van der Waals surface area (Å²) in [4.78, 5) is 119. The molecule has 4 heterocycles. The molecule has 0 spiro atoms. The molecule has 0 aliphatic carbocycles. The summed E-state index contributed by atoms with van der Waals surface area (Å²) in [5.41, 5.74) is 1.65. The zero-order valence-electron chi connectivity index (χ0n) is 40.1. The smallest absolute Gasteiger partial charge is 0.293 e. The van der Waals surface area contributed by atoms with Crippen LogP contribution in [0.5, 0.6) is 23.0 Å².